The molecule has 176 valence electrons. The minimum absolute atomic E-state index is 0.0435. The van der Waals surface area contributed by atoms with Crippen LogP contribution in [0, 0.1) is 5.92 Å². The molecule has 0 bridgehead atoms. The molecule has 2 aliphatic rings. The van der Waals surface area contributed by atoms with E-state index in [1.165, 1.54) is 4.90 Å². The minimum atomic E-state index is -0.222. The number of urea groups is 1. The van der Waals surface area contributed by atoms with Crippen molar-refractivity contribution in [1.82, 2.24) is 15.1 Å². The van der Waals surface area contributed by atoms with E-state index in [1.54, 1.807) is 12.3 Å². The number of amides is 4. The van der Waals surface area contributed by atoms with Gasteiger partial charge in [0.25, 0.3) is 0 Å². The molecule has 2 unspecified atom stereocenters. The molecule has 0 radical (unpaired) electrons. The highest BCUT2D eigenvalue weighted by molar-refractivity contribution is 6.30. The average molecular weight is 472 g/mol. The number of hydrogen-bond acceptors (Lipinski definition) is 4. The van der Waals surface area contributed by atoms with Gasteiger partial charge in [-0.2, -0.15) is 0 Å². The predicted octanol–water partition coefficient (Wildman–Crippen LogP) is 4.74. The van der Waals surface area contributed by atoms with E-state index in [-0.39, 0.29) is 29.8 Å². The van der Waals surface area contributed by atoms with Crippen molar-refractivity contribution >= 4 is 29.4 Å². The fourth-order valence-corrected chi connectivity index (χ4v) is 4.91. The van der Waals surface area contributed by atoms with Gasteiger partial charge in [-0.1, -0.05) is 36.6 Å². The van der Waals surface area contributed by atoms with Crippen LogP contribution in [-0.4, -0.2) is 40.2 Å². The molecule has 2 atom stereocenters. The lowest BCUT2D eigenvalue weighted by molar-refractivity contribution is -0.140. The summed E-state index contributed by atoms with van der Waals surface area (Å²) in [6, 6.07) is 10.8. The summed E-state index contributed by atoms with van der Waals surface area (Å²) in [6.45, 7) is 1.16. The van der Waals surface area contributed by atoms with Gasteiger partial charge in [0.1, 0.15) is 5.76 Å². The lowest BCUT2D eigenvalue weighted by atomic mass is 9.81. The monoisotopic (exact) mass is 471 g/mol. The Morgan fingerprint density at radius 1 is 1.09 bits per heavy atom. The normalized spacial score (nSPS) is 20.6. The Hall–Kier alpha value is -2.80. The molecule has 1 aliphatic heterocycles. The molecule has 1 saturated carbocycles. The molecule has 1 aliphatic carbocycles. The number of carbonyl (C=O) groups is 3. The SMILES string of the molecule is O=C(CCCCN1C(=O)C2CCCCC2N(Cc2ccc(Cl)cc2)C1=O)NCc1ccco1. The second-order valence-corrected chi connectivity index (χ2v) is 9.23. The molecule has 1 aromatic carbocycles. The third-order valence-electron chi connectivity index (χ3n) is 6.53. The fraction of sp³-hybridized carbons (Fsp3) is 0.480. The first-order chi connectivity index (χ1) is 16.0. The number of nitrogens with zero attached hydrogens (tertiary/aromatic N) is 2. The van der Waals surface area contributed by atoms with E-state index in [0.29, 0.717) is 49.7 Å². The quantitative estimate of drug-likeness (QED) is 0.535. The van der Waals surface area contributed by atoms with Crippen LogP contribution in [0.5, 0.6) is 0 Å². The van der Waals surface area contributed by atoms with Crippen LogP contribution in [0.1, 0.15) is 56.3 Å². The topological polar surface area (TPSA) is 82.9 Å². The zero-order valence-corrected chi connectivity index (χ0v) is 19.4. The van der Waals surface area contributed by atoms with Crippen molar-refractivity contribution in [3.63, 3.8) is 0 Å². The largest absolute Gasteiger partial charge is 0.467 e. The van der Waals surface area contributed by atoms with Crippen molar-refractivity contribution in [2.75, 3.05) is 6.54 Å². The summed E-state index contributed by atoms with van der Waals surface area (Å²) in [4.78, 5) is 41.8. The second-order valence-electron chi connectivity index (χ2n) is 8.80. The summed E-state index contributed by atoms with van der Waals surface area (Å²) in [5, 5.41) is 3.48. The molecule has 1 N–H and O–H groups in total. The number of unbranched alkanes of at least 4 members (excludes halogenated alkanes) is 1. The van der Waals surface area contributed by atoms with E-state index in [4.69, 9.17) is 16.0 Å². The zero-order chi connectivity index (χ0) is 23.2. The number of rotatable bonds is 9. The van der Waals surface area contributed by atoms with Gasteiger partial charge in [-0.15, -0.1) is 0 Å². The first-order valence-corrected chi connectivity index (χ1v) is 12.1. The Morgan fingerprint density at radius 2 is 1.88 bits per heavy atom. The molecule has 4 rings (SSSR count). The van der Waals surface area contributed by atoms with Crippen molar-refractivity contribution in [2.45, 2.75) is 64.1 Å². The van der Waals surface area contributed by atoms with Crippen molar-refractivity contribution in [2.24, 2.45) is 5.92 Å². The smallest absolute Gasteiger partial charge is 0.327 e. The summed E-state index contributed by atoms with van der Waals surface area (Å²) in [6.07, 6.45) is 6.84. The molecule has 1 saturated heterocycles. The lowest BCUT2D eigenvalue weighted by Gasteiger charge is -2.47. The van der Waals surface area contributed by atoms with E-state index in [2.05, 4.69) is 5.32 Å². The third kappa shape index (κ3) is 5.77. The molecule has 1 aromatic heterocycles. The number of fused-ring (bicyclic) bond motifs is 1. The first kappa shape index (κ1) is 23.4. The standard InChI is InChI=1S/C25H30ClN3O4/c26-19-12-10-18(11-13-19)17-29-22-8-2-1-7-21(22)24(31)28(25(29)32)14-4-3-9-23(30)27-16-20-6-5-15-33-20/h5-6,10-13,15,21-22H,1-4,7-9,14,16-17H2,(H,27,30). The Kier molecular flexibility index (Phi) is 7.70. The highest BCUT2D eigenvalue weighted by Crippen LogP contribution is 2.35. The van der Waals surface area contributed by atoms with E-state index in [9.17, 15) is 14.4 Å². The molecular formula is C25H30ClN3O4. The van der Waals surface area contributed by atoms with Crippen molar-refractivity contribution in [3.8, 4) is 0 Å². The van der Waals surface area contributed by atoms with Gasteiger partial charge in [-0.3, -0.25) is 14.5 Å². The van der Waals surface area contributed by atoms with Crippen LogP contribution in [0.2, 0.25) is 5.02 Å². The molecule has 2 fully saturated rings. The zero-order valence-electron chi connectivity index (χ0n) is 18.7. The number of furan rings is 1. The van der Waals surface area contributed by atoms with Crippen molar-refractivity contribution in [3.05, 3.63) is 59.0 Å². The van der Waals surface area contributed by atoms with Crippen molar-refractivity contribution < 1.29 is 18.8 Å². The lowest BCUT2D eigenvalue weighted by Crippen LogP contribution is -2.62. The second kappa shape index (κ2) is 10.9. The Morgan fingerprint density at radius 3 is 2.64 bits per heavy atom. The van der Waals surface area contributed by atoms with E-state index in [1.807, 2.05) is 35.2 Å². The van der Waals surface area contributed by atoms with Gasteiger partial charge in [0, 0.05) is 30.6 Å². The van der Waals surface area contributed by atoms with Gasteiger partial charge < -0.3 is 14.6 Å². The minimum Gasteiger partial charge on any atom is -0.467 e. The van der Waals surface area contributed by atoms with Gasteiger partial charge >= 0.3 is 6.03 Å². The van der Waals surface area contributed by atoms with Crippen molar-refractivity contribution in [1.29, 1.82) is 0 Å². The number of imide groups is 1. The van der Waals surface area contributed by atoms with Crippen LogP contribution in [0.4, 0.5) is 4.79 Å². The maximum Gasteiger partial charge on any atom is 0.327 e. The fourth-order valence-electron chi connectivity index (χ4n) is 4.78. The average Bonchev–Trinajstić information content (AvgIpc) is 3.35. The van der Waals surface area contributed by atoms with Gasteiger partial charge in [0.15, 0.2) is 0 Å². The maximum atomic E-state index is 13.3. The predicted molar refractivity (Wildman–Crippen MR) is 124 cm³/mol. The van der Waals surface area contributed by atoms with E-state index >= 15 is 0 Å². The Bertz CT molecular complexity index is 961. The van der Waals surface area contributed by atoms with Crippen LogP contribution in [0.3, 0.4) is 0 Å². The number of carbonyl (C=O) groups excluding carboxylic acids is 3. The van der Waals surface area contributed by atoms with Crippen LogP contribution >= 0.6 is 11.6 Å². The van der Waals surface area contributed by atoms with Crippen LogP contribution in [0.25, 0.3) is 0 Å². The number of benzene rings is 1. The summed E-state index contributed by atoms with van der Waals surface area (Å²) < 4.78 is 5.21. The van der Waals surface area contributed by atoms with E-state index < -0.39 is 0 Å². The van der Waals surface area contributed by atoms with Gasteiger partial charge in [0.05, 0.1) is 18.7 Å². The van der Waals surface area contributed by atoms with Gasteiger partial charge in [0.2, 0.25) is 11.8 Å². The molecule has 2 aromatic rings. The highest BCUT2D eigenvalue weighted by Gasteiger charge is 2.46. The number of hydrogen-bond donors (Lipinski definition) is 1. The van der Waals surface area contributed by atoms with Gasteiger partial charge in [-0.05, 0) is 55.5 Å². The first-order valence-electron chi connectivity index (χ1n) is 11.7. The van der Waals surface area contributed by atoms with Crippen LogP contribution in [0.15, 0.2) is 47.1 Å². The molecular weight excluding hydrogens is 442 g/mol. The van der Waals surface area contributed by atoms with E-state index in [0.717, 1.165) is 31.2 Å². The summed E-state index contributed by atoms with van der Waals surface area (Å²) in [5.74, 6) is 0.440. The van der Waals surface area contributed by atoms with Gasteiger partial charge in [-0.25, -0.2) is 4.79 Å². The molecule has 2 heterocycles. The van der Waals surface area contributed by atoms with Crippen LogP contribution in [-0.2, 0) is 22.7 Å². The van der Waals surface area contributed by atoms with Crippen LogP contribution < -0.4 is 5.32 Å². The molecule has 0 spiro atoms. The Labute approximate surface area is 199 Å². The highest BCUT2D eigenvalue weighted by atomic mass is 35.5. The summed E-state index contributed by atoms with van der Waals surface area (Å²) >= 11 is 6.01. The number of halogens is 1. The molecule has 4 amide bonds. The summed E-state index contributed by atoms with van der Waals surface area (Å²) in [5.41, 5.74) is 1.000. The molecule has 8 heteroatoms. The maximum absolute atomic E-state index is 13.3. The third-order valence-corrected chi connectivity index (χ3v) is 6.78. The Balaban J connectivity index is 1.33. The molecule has 33 heavy (non-hydrogen) atoms. The summed E-state index contributed by atoms with van der Waals surface area (Å²) in [7, 11) is 0. The molecule has 7 nitrogen and oxygen atoms in total. The number of nitrogens with one attached hydrogen (secondary N) is 1.